The lowest BCUT2D eigenvalue weighted by molar-refractivity contribution is -0.127. The van der Waals surface area contributed by atoms with Crippen molar-refractivity contribution in [3.05, 3.63) is 52.9 Å². The quantitative estimate of drug-likeness (QED) is 0.794. The van der Waals surface area contributed by atoms with Crippen LogP contribution in [0.15, 0.2) is 40.8 Å². The highest BCUT2D eigenvalue weighted by molar-refractivity contribution is 6.32. The van der Waals surface area contributed by atoms with Gasteiger partial charge in [-0.15, -0.1) is 0 Å². The molecule has 1 aliphatic rings. The standard InChI is InChI=1S/C20H25ClN2O3/c1-14-9-10-19(25-14)17(23-11-5-6-12-23)13-22-20(24)15(2)26-18-8-4-3-7-16(18)21/h3-4,7-10,15,17H,5-6,11-13H2,1-2H3,(H,22,24)/t15-,17-/m0/s1. The van der Waals surface area contributed by atoms with Gasteiger partial charge < -0.3 is 14.5 Å². The summed E-state index contributed by atoms with van der Waals surface area (Å²) in [6, 6.07) is 11.1. The van der Waals surface area contributed by atoms with Crippen LogP contribution in [-0.2, 0) is 4.79 Å². The van der Waals surface area contributed by atoms with Crippen LogP contribution in [0.25, 0.3) is 0 Å². The van der Waals surface area contributed by atoms with Crippen molar-refractivity contribution in [2.24, 2.45) is 0 Å². The lowest BCUT2D eigenvalue weighted by Crippen LogP contribution is -2.41. The van der Waals surface area contributed by atoms with Gasteiger partial charge in [0.25, 0.3) is 5.91 Å². The zero-order valence-corrected chi connectivity index (χ0v) is 16.0. The monoisotopic (exact) mass is 376 g/mol. The molecule has 5 nitrogen and oxygen atoms in total. The second-order valence-corrected chi connectivity index (χ2v) is 7.05. The zero-order valence-electron chi connectivity index (χ0n) is 15.2. The van der Waals surface area contributed by atoms with Gasteiger partial charge in [0.2, 0.25) is 0 Å². The SMILES string of the molecule is Cc1ccc([C@H](CNC(=O)[C@H](C)Oc2ccccc2Cl)N2CCCC2)o1. The summed E-state index contributed by atoms with van der Waals surface area (Å²) in [7, 11) is 0. The molecule has 1 aliphatic heterocycles. The molecule has 2 aromatic rings. The van der Waals surface area contributed by atoms with Gasteiger partial charge in [-0.05, 0) is 64.0 Å². The number of benzene rings is 1. The fourth-order valence-corrected chi connectivity index (χ4v) is 3.40. The summed E-state index contributed by atoms with van der Waals surface area (Å²) in [5.41, 5.74) is 0. The number of nitrogens with one attached hydrogen (secondary N) is 1. The number of carbonyl (C=O) groups excluding carboxylic acids is 1. The van der Waals surface area contributed by atoms with Crippen molar-refractivity contribution >= 4 is 17.5 Å². The van der Waals surface area contributed by atoms with E-state index in [1.54, 1.807) is 19.1 Å². The highest BCUT2D eigenvalue weighted by Gasteiger charge is 2.27. The summed E-state index contributed by atoms with van der Waals surface area (Å²) in [4.78, 5) is 14.8. The van der Waals surface area contributed by atoms with Crippen molar-refractivity contribution in [1.29, 1.82) is 0 Å². The van der Waals surface area contributed by atoms with E-state index in [0.29, 0.717) is 17.3 Å². The van der Waals surface area contributed by atoms with Gasteiger partial charge in [-0.1, -0.05) is 23.7 Å². The van der Waals surface area contributed by atoms with E-state index in [-0.39, 0.29) is 11.9 Å². The molecule has 1 saturated heterocycles. The molecule has 2 atom stereocenters. The van der Waals surface area contributed by atoms with Gasteiger partial charge in [-0.2, -0.15) is 0 Å². The minimum Gasteiger partial charge on any atom is -0.479 e. The maximum Gasteiger partial charge on any atom is 0.260 e. The molecule has 0 aliphatic carbocycles. The topological polar surface area (TPSA) is 54.7 Å². The average molecular weight is 377 g/mol. The average Bonchev–Trinajstić information content (AvgIpc) is 3.29. The van der Waals surface area contributed by atoms with Crippen LogP contribution < -0.4 is 10.1 Å². The smallest absolute Gasteiger partial charge is 0.260 e. The van der Waals surface area contributed by atoms with Gasteiger partial charge in [0.1, 0.15) is 17.3 Å². The molecular formula is C20H25ClN2O3. The third-order valence-corrected chi connectivity index (χ3v) is 4.96. The van der Waals surface area contributed by atoms with Crippen LogP contribution in [0.1, 0.15) is 37.3 Å². The van der Waals surface area contributed by atoms with Crippen molar-refractivity contribution in [2.75, 3.05) is 19.6 Å². The Bertz CT molecular complexity index is 740. The normalized spacial score (nSPS) is 17.0. The number of furan rings is 1. The number of para-hydroxylation sites is 1. The number of aryl methyl sites for hydroxylation is 1. The molecule has 0 unspecified atom stereocenters. The number of amides is 1. The minimum atomic E-state index is -0.632. The zero-order chi connectivity index (χ0) is 18.5. The van der Waals surface area contributed by atoms with E-state index in [0.717, 1.165) is 24.6 Å². The number of rotatable bonds is 7. The van der Waals surface area contributed by atoms with Crippen LogP contribution in [0.4, 0.5) is 0 Å². The molecule has 2 heterocycles. The lowest BCUT2D eigenvalue weighted by Gasteiger charge is -2.26. The molecule has 6 heteroatoms. The third-order valence-electron chi connectivity index (χ3n) is 4.65. The Labute approximate surface area is 159 Å². The molecule has 3 rings (SSSR count). The lowest BCUT2D eigenvalue weighted by atomic mass is 10.2. The predicted octanol–water partition coefficient (Wildman–Crippen LogP) is 3.96. The first-order valence-electron chi connectivity index (χ1n) is 9.04. The molecular weight excluding hydrogens is 352 g/mol. The molecule has 1 aromatic heterocycles. The predicted molar refractivity (Wildman–Crippen MR) is 102 cm³/mol. The summed E-state index contributed by atoms with van der Waals surface area (Å²) in [6.07, 6.45) is 1.72. The number of nitrogens with zero attached hydrogens (tertiary/aromatic N) is 1. The van der Waals surface area contributed by atoms with Crippen molar-refractivity contribution in [2.45, 2.75) is 38.8 Å². The van der Waals surface area contributed by atoms with E-state index >= 15 is 0 Å². The van der Waals surface area contributed by atoms with E-state index in [1.165, 1.54) is 12.8 Å². The van der Waals surface area contributed by atoms with E-state index in [4.69, 9.17) is 20.8 Å². The first-order valence-corrected chi connectivity index (χ1v) is 9.41. The summed E-state index contributed by atoms with van der Waals surface area (Å²) in [6.45, 7) is 6.18. The Balaban J connectivity index is 1.61. The van der Waals surface area contributed by atoms with Gasteiger partial charge in [0.15, 0.2) is 6.10 Å². The number of ether oxygens (including phenoxy) is 1. The highest BCUT2D eigenvalue weighted by atomic mass is 35.5. The van der Waals surface area contributed by atoms with E-state index in [1.807, 2.05) is 31.2 Å². The van der Waals surface area contributed by atoms with Gasteiger partial charge in [0, 0.05) is 6.54 Å². The molecule has 0 radical (unpaired) electrons. The number of hydrogen-bond acceptors (Lipinski definition) is 4. The van der Waals surface area contributed by atoms with Crippen LogP contribution in [0, 0.1) is 6.92 Å². The van der Waals surface area contributed by atoms with E-state index < -0.39 is 6.10 Å². The largest absolute Gasteiger partial charge is 0.479 e. The minimum absolute atomic E-state index is 0.0441. The summed E-state index contributed by atoms with van der Waals surface area (Å²) in [5.74, 6) is 2.11. The maximum atomic E-state index is 12.5. The fourth-order valence-electron chi connectivity index (χ4n) is 3.22. The first kappa shape index (κ1) is 18.8. The first-order chi connectivity index (χ1) is 12.5. The van der Waals surface area contributed by atoms with Crippen LogP contribution in [0.2, 0.25) is 5.02 Å². The summed E-state index contributed by atoms with van der Waals surface area (Å²) in [5, 5.41) is 3.49. The van der Waals surface area contributed by atoms with Crippen molar-refractivity contribution in [3.8, 4) is 5.75 Å². The number of carbonyl (C=O) groups is 1. The van der Waals surface area contributed by atoms with Crippen molar-refractivity contribution < 1.29 is 13.9 Å². The summed E-state index contributed by atoms with van der Waals surface area (Å²) < 4.78 is 11.5. The van der Waals surface area contributed by atoms with Gasteiger partial charge in [-0.25, -0.2) is 0 Å². The molecule has 1 fully saturated rings. The molecule has 0 bridgehead atoms. The maximum absolute atomic E-state index is 12.5. The molecule has 140 valence electrons. The second-order valence-electron chi connectivity index (χ2n) is 6.64. The Kier molecular flexibility index (Phi) is 6.22. The molecule has 1 amide bonds. The van der Waals surface area contributed by atoms with Crippen molar-refractivity contribution in [3.63, 3.8) is 0 Å². The molecule has 1 N–H and O–H groups in total. The Morgan fingerprint density at radius 2 is 2.00 bits per heavy atom. The van der Waals surface area contributed by atoms with Crippen LogP contribution in [0.5, 0.6) is 5.75 Å². The van der Waals surface area contributed by atoms with E-state index in [9.17, 15) is 4.79 Å². The molecule has 26 heavy (non-hydrogen) atoms. The van der Waals surface area contributed by atoms with Crippen LogP contribution in [-0.4, -0.2) is 36.5 Å². The molecule has 1 aromatic carbocycles. The Hall–Kier alpha value is -1.98. The number of halogens is 1. The highest BCUT2D eigenvalue weighted by Crippen LogP contribution is 2.27. The molecule has 0 saturated carbocycles. The van der Waals surface area contributed by atoms with Gasteiger partial charge in [-0.3, -0.25) is 9.69 Å². The fraction of sp³-hybridized carbons (Fsp3) is 0.450. The van der Waals surface area contributed by atoms with Crippen LogP contribution >= 0.6 is 11.6 Å². The van der Waals surface area contributed by atoms with Crippen LogP contribution in [0.3, 0.4) is 0 Å². The molecule has 0 spiro atoms. The third kappa shape index (κ3) is 4.59. The van der Waals surface area contributed by atoms with Gasteiger partial charge in [0.05, 0.1) is 11.1 Å². The van der Waals surface area contributed by atoms with Crippen molar-refractivity contribution in [1.82, 2.24) is 10.2 Å². The van der Waals surface area contributed by atoms with Gasteiger partial charge >= 0.3 is 0 Å². The summed E-state index contributed by atoms with van der Waals surface area (Å²) >= 11 is 6.09. The Morgan fingerprint density at radius 3 is 2.65 bits per heavy atom. The van der Waals surface area contributed by atoms with E-state index in [2.05, 4.69) is 10.2 Å². The number of hydrogen-bond donors (Lipinski definition) is 1. The Morgan fingerprint density at radius 1 is 1.27 bits per heavy atom. The number of likely N-dealkylation sites (tertiary alicyclic amines) is 1. The second kappa shape index (κ2) is 8.60.